The highest BCUT2D eigenvalue weighted by Gasteiger charge is 2.22. The lowest BCUT2D eigenvalue weighted by Gasteiger charge is -2.37. The molecule has 5 rings (SSSR count). The average molecular weight is 546 g/mol. The van der Waals surface area contributed by atoms with E-state index in [1.807, 2.05) is 13.2 Å². The van der Waals surface area contributed by atoms with Gasteiger partial charge in [-0.2, -0.15) is 0 Å². The number of nitrogens with one attached hydrogen (secondary N) is 3. The number of nitrogens with zero attached hydrogens (tertiary/aromatic N) is 4. The third-order valence-corrected chi connectivity index (χ3v) is 7.07. The third kappa shape index (κ3) is 5.55. The Kier molecular flexibility index (Phi) is 7.45. The first-order valence-electron chi connectivity index (χ1n) is 12.8. The number of piperazine rings is 1. The summed E-state index contributed by atoms with van der Waals surface area (Å²) in [5.41, 5.74) is 4.99. The maximum absolute atomic E-state index is 11.8. The maximum atomic E-state index is 11.8. The van der Waals surface area contributed by atoms with Crippen LogP contribution in [-0.4, -0.2) is 52.7 Å². The lowest BCUT2D eigenvalue weighted by atomic mass is 10.1. The summed E-state index contributed by atoms with van der Waals surface area (Å²) in [6.07, 6.45) is 4.84. The molecule has 4 aromatic rings. The Morgan fingerprint density at radius 2 is 1.97 bits per heavy atom. The van der Waals surface area contributed by atoms with E-state index in [4.69, 9.17) is 21.3 Å². The van der Waals surface area contributed by atoms with Crippen LogP contribution in [-0.2, 0) is 11.8 Å². The highest BCUT2D eigenvalue weighted by atomic mass is 35.5. The first kappa shape index (κ1) is 26.5. The molecule has 202 valence electrons. The molecule has 2 aromatic carbocycles. The van der Waals surface area contributed by atoms with Crippen LogP contribution in [0.25, 0.3) is 22.2 Å². The molecule has 1 aliphatic rings. The van der Waals surface area contributed by atoms with Crippen molar-refractivity contribution in [1.29, 1.82) is 0 Å². The van der Waals surface area contributed by atoms with E-state index in [0.29, 0.717) is 45.9 Å². The molecule has 1 aliphatic heterocycles. The summed E-state index contributed by atoms with van der Waals surface area (Å²) in [5.74, 6) is 0.606. The minimum absolute atomic E-state index is 0.309. The summed E-state index contributed by atoms with van der Waals surface area (Å²) in [6, 6.07) is 12.6. The summed E-state index contributed by atoms with van der Waals surface area (Å²) in [4.78, 5) is 23.3. The largest absolute Gasteiger partial charge is 0.495 e. The molecular formula is C29H32ClN7O2. The Bertz CT molecular complexity index is 1540. The molecule has 1 fully saturated rings. The molecule has 1 saturated heterocycles. The molecule has 0 radical (unpaired) electrons. The first-order chi connectivity index (χ1) is 18.7. The summed E-state index contributed by atoms with van der Waals surface area (Å²) in [6.45, 7) is 9.85. The monoisotopic (exact) mass is 545 g/mol. The van der Waals surface area contributed by atoms with E-state index in [0.717, 1.165) is 29.6 Å². The van der Waals surface area contributed by atoms with Crippen LogP contribution in [0.4, 0.5) is 23.0 Å². The van der Waals surface area contributed by atoms with Crippen LogP contribution in [0.2, 0.25) is 5.02 Å². The SMILES string of the molecule is C=CC(=O)Nc1ccc(OC)c(Nc2ncc(Cl)c(-c3cn(C)c4cc(N5CC(C)NC(C)C5)ccc34)n2)c1. The van der Waals surface area contributed by atoms with E-state index in [-0.39, 0.29) is 5.91 Å². The number of aryl methyl sites for hydroxylation is 1. The first-order valence-corrected chi connectivity index (χ1v) is 13.1. The lowest BCUT2D eigenvalue weighted by Crippen LogP contribution is -2.54. The zero-order valence-corrected chi connectivity index (χ0v) is 23.2. The van der Waals surface area contributed by atoms with Crippen LogP contribution < -0.4 is 25.6 Å². The molecule has 2 aromatic heterocycles. The van der Waals surface area contributed by atoms with Gasteiger partial charge in [0.05, 0.1) is 35.2 Å². The van der Waals surface area contributed by atoms with Gasteiger partial charge >= 0.3 is 0 Å². The zero-order chi connectivity index (χ0) is 27.7. The molecule has 3 N–H and O–H groups in total. The van der Waals surface area contributed by atoms with E-state index < -0.39 is 0 Å². The highest BCUT2D eigenvalue weighted by molar-refractivity contribution is 6.33. The fourth-order valence-electron chi connectivity index (χ4n) is 5.11. The molecule has 39 heavy (non-hydrogen) atoms. The van der Waals surface area contributed by atoms with Gasteiger partial charge in [0, 0.05) is 60.7 Å². The Labute approximate surface area is 232 Å². The van der Waals surface area contributed by atoms with E-state index in [2.05, 4.69) is 69.0 Å². The number of hydrogen-bond donors (Lipinski definition) is 3. The number of aromatic nitrogens is 3. The molecule has 10 heteroatoms. The molecule has 9 nitrogen and oxygen atoms in total. The van der Waals surface area contributed by atoms with Crippen LogP contribution >= 0.6 is 11.6 Å². The number of fused-ring (bicyclic) bond motifs is 1. The van der Waals surface area contributed by atoms with Crippen LogP contribution in [0.3, 0.4) is 0 Å². The van der Waals surface area contributed by atoms with Crippen LogP contribution in [0.1, 0.15) is 13.8 Å². The fraction of sp³-hybridized carbons (Fsp3) is 0.276. The minimum Gasteiger partial charge on any atom is -0.495 e. The van der Waals surface area contributed by atoms with Crippen LogP contribution in [0.5, 0.6) is 5.75 Å². The molecular weight excluding hydrogens is 514 g/mol. The van der Waals surface area contributed by atoms with Gasteiger partial charge in [0.25, 0.3) is 0 Å². The zero-order valence-electron chi connectivity index (χ0n) is 22.5. The van der Waals surface area contributed by atoms with Gasteiger partial charge in [-0.3, -0.25) is 4.79 Å². The van der Waals surface area contributed by atoms with Gasteiger partial charge in [-0.25, -0.2) is 9.97 Å². The number of benzene rings is 2. The van der Waals surface area contributed by atoms with E-state index in [1.54, 1.807) is 31.5 Å². The number of amides is 1. The van der Waals surface area contributed by atoms with Crippen molar-refractivity contribution in [3.63, 3.8) is 0 Å². The van der Waals surface area contributed by atoms with Crippen molar-refractivity contribution in [2.75, 3.05) is 35.7 Å². The summed E-state index contributed by atoms with van der Waals surface area (Å²) in [7, 11) is 3.60. The number of halogens is 1. The van der Waals surface area contributed by atoms with Gasteiger partial charge < -0.3 is 30.2 Å². The number of hydrogen-bond acceptors (Lipinski definition) is 7. The van der Waals surface area contributed by atoms with E-state index >= 15 is 0 Å². The second-order valence-corrected chi connectivity index (χ2v) is 10.3. The summed E-state index contributed by atoms with van der Waals surface area (Å²) in [5, 5.41) is 11.0. The van der Waals surface area contributed by atoms with Gasteiger partial charge in [-0.05, 0) is 50.3 Å². The Balaban J connectivity index is 1.48. The third-order valence-electron chi connectivity index (χ3n) is 6.80. The summed E-state index contributed by atoms with van der Waals surface area (Å²) < 4.78 is 7.59. The van der Waals surface area contributed by atoms with Crippen molar-refractivity contribution in [2.24, 2.45) is 7.05 Å². The molecule has 0 spiro atoms. The molecule has 0 bridgehead atoms. The van der Waals surface area contributed by atoms with Crippen molar-refractivity contribution in [3.05, 3.63) is 66.5 Å². The average Bonchev–Trinajstić information content (AvgIpc) is 3.24. The molecule has 0 aliphatic carbocycles. The number of anilines is 4. The van der Waals surface area contributed by atoms with Gasteiger partial charge in [0.1, 0.15) is 5.75 Å². The smallest absolute Gasteiger partial charge is 0.247 e. The molecule has 2 atom stereocenters. The second-order valence-electron chi connectivity index (χ2n) is 9.85. The topological polar surface area (TPSA) is 96.3 Å². The molecule has 3 heterocycles. The predicted octanol–water partition coefficient (Wildman–Crippen LogP) is 5.35. The van der Waals surface area contributed by atoms with E-state index in [1.165, 1.54) is 11.8 Å². The van der Waals surface area contributed by atoms with Crippen molar-refractivity contribution in [3.8, 4) is 17.0 Å². The van der Waals surface area contributed by atoms with Gasteiger partial charge in [0.2, 0.25) is 11.9 Å². The van der Waals surface area contributed by atoms with Crippen molar-refractivity contribution in [2.45, 2.75) is 25.9 Å². The highest BCUT2D eigenvalue weighted by Crippen LogP contribution is 2.37. The number of carbonyl (C=O) groups is 1. The minimum atomic E-state index is -0.309. The summed E-state index contributed by atoms with van der Waals surface area (Å²) >= 11 is 6.63. The van der Waals surface area contributed by atoms with Gasteiger partial charge in [-0.1, -0.05) is 24.2 Å². The van der Waals surface area contributed by atoms with E-state index in [9.17, 15) is 4.79 Å². The standard InChI is InChI=1S/C29H32ClN7O2/c1-6-27(38)33-19-7-10-26(39-5)24(11-19)34-29-31-13-23(30)28(35-29)22-16-36(4)25-12-20(8-9-21(22)25)37-14-17(2)32-18(3)15-37/h6-13,16-18,32H,1,14-15H2,2-5H3,(H,33,38)(H,31,34,35). The van der Waals surface area contributed by atoms with Crippen molar-refractivity contribution >= 4 is 51.4 Å². The van der Waals surface area contributed by atoms with Crippen LogP contribution in [0, 0.1) is 0 Å². The lowest BCUT2D eigenvalue weighted by molar-refractivity contribution is -0.111. The van der Waals surface area contributed by atoms with Crippen molar-refractivity contribution in [1.82, 2.24) is 19.9 Å². The van der Waals surface area contributed by atoms with Gasteiger partial charge in [0.15, 0.2) is 0 Å². The van der Waals surface area contributed by atoms with Crippen LogP contribution in [0.15, 0.2) is 61.4 Å². The quantitative estimate of drug-likeness (QED) is 0.269. The normalized spacial score (nSPS) is 17.2. The number of methoxy groups -OCH3 is 1. The molecule has 0 saturated carbocycles. The van der Waals surface area contributed by atoms with Gasteiger partial charge in [-0.15, -0.1) is 0 Å². The maximum Gasteiger partial charge on any atom is 0.247 e. The Morgan fingerprint density at radius 1 is 1.21 bits per heavy atom. The number of carbonyl (C=O) groups excluding carboxylic acids is 1. The Hall–Kier alpha value is -4.08. The number of ether oxygens (including phenoxy) is 1. The van der Waals surface area contributed by atoms with Crippen molar-refractivity contribution < 1.29 is 9.53 Å². The molecule has 1 amide bonds. The predicted molar refractivity (Wildman–Crippen MR) is 158 cm³/mol. The molecule has 2 unspecified atom stereocenters. The Morgan fingerprint density at radius 3 is 2.69 bits per heavy atom. The number of rotatable bonds is 7. The fourth-order valence-corrected chi connectivity index (χ4v) is 5.30. The second kappa shape index (κ2) is 11.0.